The van der Waals surface area contributed by atoms with Gasteiger partial charge >= 0.3 is 0 Å². The Morgan fingerprint density at radius 3 is 2.62 bits per heavy atom. The highest BCUT2D eigenvalue weighted by atomic mass is 16.5. The number of benzene rings is 3. The van der Waals surface area contributed by atoms with E-state index in [4.69, 9.17) is 14.2 Å². The molecule has 4 heterocycles. The third kappa shape index (κ3) is 7.23. The molecule has 0 aliphatic carbocycles. The topological polar surface area (TPSA) is 137 Å². The van der Waals surface area contributed by atoms with Gasteiger partial charge in [0, 0.05) is 50.1 Å². The molecule has 4 aromatic rings. The van der Waals surface area contributed by atoms with E-state index in [0.29, 0.717) is 61.0 Å². The van der Waals surface area contributed by atoms with E-state index in [1.807, 2.05) is 36.4 Å². The molecule has 232 valence electrons. The molecular formula is C33H34N6O6. The molecule has 2 N–H and O–H groups in total. The van der Waals surface area contributed by atoms with Crippen molar-refractivity contribution in [3.05, 3.63) is 90.5 Å². The molecule has 0 radical (unpaired) electrons. The molecule has 3 aliphatic heterocycles. The largest absolute Gasteiger partial charge is 0.496 e. The van der Waals surface area contributed by atoms with Crippen molar-refractivity contribution in [3.63, 3.8) is 0 Å². The molecule has 7 rings (SSSR count). The van der Waals surface area contributed by atoms with Crippen molar-refractivity contribution in [3.8, 4) is 28.4 Å². The summed E-state index contributed by atoms with van der Waals surface area (Å²) in [6.07, 6.45) is 3.59. The van der Waals surface area contributed by atoms with Gasteiger partial charge in [0.05, 0.1) is 13.2 Å². The number of carbonyl (C=O) groups is 3. The lowest BCUT2D eigenvalue weighted by Gasteiger charge is -2.39. The van der Waals surface area contributed by atoms with Crippen LogP contribution in [0.15, 0.2) is 79.4 Å². The zero-order valence-electron chi connectivity index (χ0n) is 24.8. The van der Waals surface area contributed by atoms with Crippen LogP contribution in [-0.4, -0.2) is 76.3 Å². The highest BCUT2D eigenvalue weighted by molar-refractivity contribution is 5.96. The van der Waals surface area contributed by atoms with Gasteiger partial charge in [0.25, 0.3) is 11.8 Å². The Kier molecular flexibility index (Phi) is 8.90. The summed E-state index contributed by atoms with van der Waals surface area (Å²) in [4.78, 5) is 41.2. The van der Waals surface area contributed by atoms with Crippen molar-refractivity contribution in [2.24, 2.45) is 0 Å². The van der Waals surface area contributed by atoms with E-state index < -0.39 is 6.04 Å². The smallest absolute Gasteiger partial charge is 0.258 e. The van der Waals surface area contributed by atoms with Crippen LogP contribution in [0, 0.1) is 0 Å². The van der Waals surface area contributed by atoms with Gasteiger partial charge in [-0.2, -0.15) is 0 Å². The van der Waals surface area contributed by atoms with Crippen molar-refractivity contribution >= 4 is 17.7 Å². The molecular weight excluding hydrogens is 576 g/mol. The summed E-state index contributed by atoms with van der Waals surface area (Å²) in [6, 6.07) is 19.5. The molecule has 1 aromatic heterocycles. The number of rotatable bonds is 4. The number of aromatic nitrogens is 3. The molecule has 3 aromatic carbocycles. The first-order chi connectivity index (χ1) is 21.9. The number of aryl methyl sites for hydroxylation is 1. The number of nitrogens with zero attached hydrogens (tertiary/aromatic N) is 4. The second kappa shape index (κ2) is 13.5. The fourth-order valence-corrected chi connectivity index (χ4v) is 5.50. The van der Waals surface area contributed by atoms with Gasteiger partial charge in [0.2, 0.25) is 5.91 Å². The Morgan fingerprint density at radius 1 is 1.00 bits per heavy atom. The van der Waals surface area contributed by atoms with Crippen molar-refractivity contribution in [2.45, 2.75) is 38.1 Å². The van der Waals surface area contributed by atoms with Gasteiger partial charge < -0.3 is 34.3 Å². The first kappa shape index (κ1) is 29.7. The van der Waals surface area contributed by atoms with Crippen LogP contribution in [0.2, 0.25) is 0 Å². The summed E-state index contributed by atoms with van der Waals surface area (Å²) in [5.41, 5.74) is 2.77. The lowest BCUT2D eigenvalue weighted by Crippen LogP contribution is -2.58. The Balaban J connectivity index is 1.29. The van der Waals surface area contributed by atoms with Gasteiger partial charge in [-0.05, 0) is 53.6 Å². The highest BCUT2D eigenvalue weighted by Crippen LogP contribution is 2.33. The molecule has 3 amide bonds. The normalized spacial score (nSPS) is 18.5. The molecule has 3 aliphatic rings. The Morgan fingerprint density at radius 2 is 1.82 bits per heavy atom. The lowest BCUT2D eigenvalue weighted by molar-refractivity contribution is -0.134. The van der Waals surface area contributed by atoms with Crippen LogP contribution in [-0.2, 0) is 22.7 Å². The average Bonchev–Trinajstić information content (AvgIpc) is 3.60. The highest BCUT2D eigenvalue weighted by Gasteiger charge is 2.34. The Labute approximate surface area is 260 Å². The van der Waals surface area contributed by atoms with E-state index in [1.54, 1.807) is 59.6 Å². The Hall–Kier alpha value is -5.39. The van der Waals surface area contributed by atoms with Crippen molar-refractivity contribution in [2.75, 3.05) is 26.8 Å². The third-order valence-electron chi connectivity index (χ3n) is 7.95. The minimum absolute atomic E-state index is 0.0249. The zero-order chi connectivity index (χ0) is 31.2. The first-order valence-electron chi connectivity index (χ1n) is 14.8. The summed E-state index contributed by atoms with van der Waals surface area (Å²) in [5, 5.41) is 13.6. The van der Waals surface area contributed by atoms with Crippen LogP contribution in [0.25, 0.3) is 11.1 Å². The molecule has 12 heteroatoms. The predicted octanol–water partition coefficient (Wildman–Crippen LogP) is 2.83. The molecule has 2 atom stereocenters. The molecule has 1 saturated heterocycles. The molecule has 0 unspecified atom stereocenters. The van der Waals surface area contributed by atoms with Crippen LogP contribution in [0.3, 0.4) is 0 Å². The third-order valence-corrected chi connectivity index (χ3v) is 7.95. The summed E-state index contributed by atoms with van der Waals surface area (Å²) >= 11 is 0. The van der Waals surface area contributed by atoms with Gasteiger partial charge in [0.1, 0.15) is 36.0 Å². The number of carbonyl (C=O) groups excluding carboxylic acids is 3. The molecule has 45 heavy (non-hydrogen) atoms. The van der Waals surface area contributed by atoms with E-state index in [2.05, 4.69) is 20.8 Å². The molecule has 12 nitrogen and oxygen atoms in total. The van der Waals surface area contributed by atoms with Crippen LogP contribution in [0.5, 0.6) is 17.2 Å². The number of fused-ring (bicyclic) bond motifs is 7. The number of piperidine rings is 1. The van der Waals surface area contributed by atoms with Crippen molar-refractivity contribution < 1.29 is 28.6 Å². The van der Waals surface area contributed by atoms with Gasteiger partial charge in [-0.3, -0.25) is 14.4 Å². The summed E-state index contributed by atoms with van der Waals surface area (Å²) in [7, 11) is 1.57. The van der Waals surface area contributed by atoms with Crippen molar-refractivity contribution in [1.29, 1.82) is 0 Å². The summed E-state index contributed by atoms with van der Waals surface area (Å²) in [6.45, 7) is 1.44. The van der Waals surface area contributed by atoms with E-state index in [-0.39, 0.29) is 36.9 Å². The van der Waals surface area contributed by atoms with Gasteiger partial charge in [-0.25, -0.2) is 0 Å². The lowest BCUT2D eigenvalue weighted by atomic mass is 9.99. The van der Waals surface area contributed by atoms with Gasteiger partial charge in [0.15, 0.2) is 6.61 Å². The second-order valence-electron chi connectivity index (χ2n) is 11.0. The van der Waals surface area contributed by atoms with Crippen molar-refractivity contribution in [1.82, 2.24) is 30.3 Å². The number of methoxy groups -OCH3 is 1. The van der Waals surface area contributed by atoms with Gasteiger partial charge in [-0.1, -0.05) is 24.3 Å². The van der Waals surface area contributed by atoms with Crippen LogP contribution >= 0.6 is 0 Å². The number of hydrogen-bond acceptors (Lipinski definition) is 8. The standard InChI is InChI=1S/C33H34N6O6/c1-43-29-10-7-24-16-27(29)23-3-2-4-26(15-23)44-19-31(40)34-17-22-5-8-25(9-6-22)45-30-11-14-39(18-28(30)37-33(24)42)32(41)12-13-38-20-35-36-21-38/h2-10,15-16,20-21,28,30H,11-14,17-19H2,1H3,(H,34,40)(H,37,42)/t28-,30-/m1/s1. The zero-order valence-corrected chi connectivity index (χ0v) is 24.8. The van der Waals surface area contributed by atoms with E-state index in [0.717, 1.165) is 11.1 Å². The minimum Gasteiger partial charge on any atom is -0.496 e. The summed E-state index contributed by atoms with van der Waals surface area (Å²) < 4.78 is 19.5. The fourth-order valence-electron chi connectivity index (χ4n) is 5.50. The van der Waals surface area contributed by atoms with E-state index in [9.17, 15) is 14.4 Å². The SMILES string of the molecule is COc1ccc2cc1-c1cccc(c1)OCC(=O)NCc1ccc(cc1)O[C@@H]1CCN(C(=O)CCn3cnnc3)C[C@H]1NC2=O. The predicted molar refractivity (Wildman–Crippen MR) is 164 cm³/mol. The quantitative estimate of drug-likeness (QED) is 0.360. The number of nitrogens with one attached hydrogen (secondary N) is 2. The van der Waals surface area contributed by atoms with Gasteiger partial charge in [-0.15, -0.1) is 10.2 Å². The second-order valence-corrected chi connectivity index (χ2v) is 11.0. The van der Waals surface area contributed by atoms with Crippen LogP contribution < -0.4 is 24.8 Å². The number of hydrogen-bond donors (Lipinski definition) is 2. The molecule has 1 fully saturated rings. The molecule has 6 bridgehead atoms. The monoisotopic (exact) mass is 610 g/mol. The summed E-state index contributed by atoms with van der Waals surface area (Å²) in [5.74, 6) is 1.14. The Bertz CT molecular complexity index is 1660. The maximum Gasteiger partial charge on any atom is 0.258 e. The van der Waals surface area contributed by atoms with Crippen LogP contribution in [0.1, 0.15) is 28.8 Å². The fraction of sp³-hybridized carbons (Fsp3) is 0.303. The van der Waals surface area contributed by atoms with Crippen LogP contribution in [0.4, 0.5) is 0 Å². The van der Waals surface area contributed by atoms with E-state index in [1.165, 1.54) is 0 Å². The maximum atomic E-state index is 13.8. The number of ether oxygens (including phenoxy) is 3. The minimum atomic E-state index is -0.475. The number of amides is 3. The average molecular weight is 611 g/mol. The molecule has 0 spiro atoms. The maximum absolute atomic E-state index is 13.8. The molecule has 0 saturated carbocycles. The first-order valence-corrected chi connectivity index (χ1v) is 14.8. The number of likely N-dealkylation sites (tertiary alicyclic amines) is 1. The van der Waals surface area contributed by atoms with E-state index >= 15 is 0 Å².